The fraction of sp³-hybridized carbons (Fsp3) is 0.208. The molecule has 5 rings (SSSR count). The highest BCUT2D eigenvalue weighted by Gasteiger charge is 2.36. The lowest BCUT2D eigenvalue weighted by molar-refractivity contribution is 0.0228. The minimum Gasteiger partial charge on any atom is -0.440 e. The second kappa shape index (κ2) is 8.59. The standard InChI is InChI=1S/C24H19N3O5S/c28-20(14-6-5-11-25-12-14)26-21-19(17-9-3-4-10-18(17)33-21)24(31)32-13-27-22(29)15-7-1-2-8-16(15)23(27)30/h1-2,5-8,11-12H,3-4,9-10,13H2,(H,26,28). The lowest BCUT2D eigenvalue weighted by atomic mass is 9.95. The number of nitrogens with zero attached hydrogens (tertiary/aromatic N) is 2. The zero-order valence-electron chi connectivity index (χ0n) is 17.5. The van der Waals surface area contributed by atoms with Crippen LogP contribution >= 0.6 is 11.3 Å². The number of aromatic nitrogens is 1. The Morgan fingerprint density at radius 1 is 1.03 bits per heavy atom. The summed E-state index contributed by atoms with van der Waals surface area (Å²) in [6, 6.07) is 9.78. The Morgan fingerprint density at radius 2 is 1.76 bits per heavy atom. The largest absolute Gasteiger partial charge is 0.440 e. The minimum atomic E-state index is -0.674. The third-order valence-corrected chi connectivity index (χ3v) is 6.94. The molecule has 3 aromatic rings. The van der Waals surface area contributed by atoms with Crippen molar-refractivity contribution < 1.29 is 23.9 Å². The molecule has 1 aliphatic carbocycles. The van der Waals surface area contributed by atoms with E-state index in [4.69, 9.17) is 4.74 Å². The number of carbonyl (C=O) groups is 4. The van der Waals surface area contributed by atoms with E-state index in [1.807, 2.05) is 0 Å². The van der Waals surface area contributed by atoms with Gasteiger partial charge in [-0.05, 0) is 55.5 Å². The molecule has 0 fully saturated rings. The molecule has 8 nitrogen and oxygen atoms in total. The second-order valence-corrected chi connectivity index (χ2v) is 8.86. The van der Waals surface area contributed by atoms with Crippen LogP contribution < -0.4 is 5.32 Å². The fourth-order valence-electron chi connectivity index (χ4n) is 4.09. The molecule has 0 saturated heterocycles. The molecule has 2 aliphatic rings. The fourth-order valence-corrected chi connectivity index (χ4v) is 5.37. The minimum absolute atomic E-state index is 0.288. The zero-order chi connectivity index (χ0) is 22.9. The van der Waals surface area contributed by atoms with Crippen LogP contribution in [0.4, 0.5) is 5.00 Å². The van der Waals surface area contributed by atoms with E-state index >= 15 is 0 Å². The smallest absolute Gasteiger partial charge is 0.343 e. The maximum absolute atomic E-state index is 13.1. The number of benzene rings is 1. The molecule has 33 heavy (non-hydrogen) atoms. The number of aryl methyl sites for hydroxylation is 1. The van der Waals surface area contributed by atoms with E-state index in [2.05, 4.69) is 10.3 Å². The predicted octanol–water partition coefficient (Wildman–Crippen LogP) is 3.68. The third-order valence-electron chi connectivity index (χ3n) is 5.73. The average Bonchev–Trinajstić information content (AvgIpc) is 3.33. The van der Waals surface area contributed by atoms with Gasteiger partial charge in [0.05, 0.1) is 22.3 Å². The molecule has 0 saturated carbocycles. The number of carbonyl (C=O) groups excluding carboxylic acids is 4. The van der Waals surface area contributed by atoms with Gasteiger partial charge in [0.25, 0.3) is 17.7 Å². The van der Waals surface area contributed by atoms with Gasteiger partial charge in [-0.15, -0.1) is 11.3 Å². The van der Waals surface area contributed by atoms with Crippen molar-refractivity contribution in [1.29, 1.82) is 0 Å². The number of imide groups is 1. The van der Waals surface area contributed by atoms with E-state index in [1.54, 1.807) is 42.6 Å². The van der Waals surface area contributed by atoms with Crippen LogP contribution in [0.3, 0.4) is 0 Å². The molecule has 1 aromatic carbocycles. The van der Waals surface area contributed by atoms with Gasteiger partial charge in [0.2, 0.25) is 0 Å². The van der Waals surface area contributed by atoms with Gasteiger partial charge in [-0.3, -0.25) is 19.4 Å². The quantitative estimate of drug-likeness (QED) is 0.459. The molecule has 0 spiro atoms. The van der Waals surface area contributed by atoms with Crippen LogP contribution in [0.25, 0.3) is 0 Å². The molecule has 0 radical (unpaired) electrons. The highest BCUT2D eigenvalue weighted by molar-refractivity contribution is 7.17. The number of thiophene rings is 1. The normalized spacial score (nSPS) is 14.6. The van der Waals surface area contributed by atoms with Gasteiger partial charge in [-0.25, -0.2) is 9.69 Å². The lowest BCUT2D eigenvalue weighted by Gasteiger charge is -2.16. The lowest BCUT2D eigenvalue weighted by Crippen LogP contribution is -2.33. The SMILES string of the molecule is O=C(Nc1sc2c(c1C(=O)OCN1C(=O)c3ccccc3C1=O)CCCC2)c1cccnc1. The van der Waals surface area contributed by atoms with Gasteiger partial charge in [0, 0.05) is 17.3 Å². The molecule has 3 amide bonds. The number of rotatable bonds is 5. The molecule has 0 atom stereocenters. The highest BCUT2D eigenvalue weighted by atomic mass is 32.1. The number of hydrogen-bond donors (Lipinski definition) is 1. The Bertz CT molecular complexity index is 1250. The summed E-state index contributed by atoms with van der Waals surface area (Å²) in [5.74, 6) is -2.05. The zero-order valence-corrected chi connectivity index (χ0v) is 18.3. The molecule has 3 heterocycles. The van der Waals surface area contributed by atoms with Gasteiger partial charge in [0.15, 0.2) is 6.73 Å². The number of anilines is 1. The first kappa shape index (κ1) is 21.0. The first-order valence-corrected chi connectivity index (χ1v) is 11.3. The number of pyridine rings is 1. The summed E-state index contributed by atoms with van der Waals surface area (Å²) >= 11 is 1.36. The van der Waals surface area contributed by atoms with E-state index in [9.17, 15) is 19.2 Å². The van der Waals surface area contributed by atoms with E-state index in [1.165, 1.54) is 17.5 Å². The van der Waals surface area contributed by atoms with E-state index in [0.717, 1.165) is 34.6 Å². The molecule has 1 N–H and O–H groups in total. The molecule has 1 aliphatic heterocycles. The summed E-state index contributed by atoms with van der Waals surface area (Å²) < 4.78 is 5.42. The average molecular weight is 461 g/mol. The molecule has 0 bridgehead atoms. The Balaban J connectivity index is 1.38. The Labute approximate surface area is 193 Å². The maximum Gasteiger partial charge on any atom is 0.343 e. The summed E-state index contributed by atoms with van der Waals surface area (Å²) in [5.41, 5.74) is 2.10. The van der Waals surface area contributed by atoms with Gasteiger partial charge in [-0.2, -0.15) is 0 Å². The number of amides is 3. The molecular weight excluding hydrogens is 442 g/mol. The van der Waals surface area contributed by atoms with Gasteiger partial charge in [0.1, 0.15) is 5.00 Å². The van der Waals surface area contributed by atoms with Gasteiger partial charge < -0.3 is 10.1 Å². The molecular formula is C24H19N3O5S. The van der Waals surface area contributed by atoms with E-state index < -0.39 is 24.5 Å². The number of esters is 1. The van der Waals surface area contributed by atoms with Crippen molar-refractivity contribution >= 4 is 40.0 Å². The number of hydrogen-bond acceptors (Lipinski definition) is 7. The number of nitrogens with one attached hydrogen (secondary N) is 1. The van der Waals surface area contributed by atoms with Crippen molar-refractivity contribution in [3.8, 4) is 0 Å². The van der Waals surface area contributed by atoms with E-state index in [0.29, 0.717) is 22.5 Å². The topological polar surface area (TPSA) is 106 Å². The Morgan fingerprint density at radius 3 is 2.45 bits per heavy atom. The van der Waals surface area contributed by atoms with Crippen molar-refractivity contribution in [3.05, 3.63) is 81.5 Å². The highest BCUT2D eigenvalue weighted by Crippen LogP contribution is 2.39. The first-order chi connectivity index (χ1) is 16.0. The maximum atomic E-state index is 13.1. The number of fused-ring (bicyclic) bond motifs is 2. The van der Waals surface area contributed by atoms with Crippen LogP contribution in [-0.4, -0.2) is 40.3 Å². The summed E-state index contributed by atoms with van der Waals surface area (Å²) in [7, 11) is 0. The van der Waals surface area contributed by atoms with Crippen LogP contribution in [0, 0.1) is 0 Å². The molecule has 2 aromatic heterocycles. The summed E-state index contributed by atoms with van der Waals surface area (Å²) in [5, 5.41) is 3.22. The predicted molar refractivity (Wildman–Crippen MR) is 120 cm³/mol. The first-order valence-electron chi connectivity index (χ1n) is 10.5. The van der Waals surface area contributed by atoms with Crippen molar-refractivity contribution in [2.75, 3.05) is 12.0 Å². The van der Waals surface area contributed by atoms with Crippen LogP contribution in [0.5, 0.6) is 0 Å². The van der Waals surface area contributed by atoms with Crippen LogP contribution in [0.1, 0.15) is 64.7 Å². The van der Waals surface area contributed by atoms with Gasteiger partial charge >= 0.3 is 5.97 Å². The van der Waals surface area contributed by atoms with Crippen LogP contribution in [0.15, 0.2) is 48.8 Å². The summed E-state index contributed by atoms with van der Waals surface area (Å²) in [4.78, 5) is 56.8. The Hall–Kier alpha value is -3.85. The molecule has 0 unspecified atom stereocenters. The third kappa shape index (κ3) is 3.80. The monoisotopic (exact) mass is 461 g/mol. The van der Waals surface area contributed by atoms with Crippen LogP contribution in [0.2, 0.25) is 0 Å². The van der Waals surface area contributed by atoms with Crippen molar-refractivity contribution in [2.45, 2.75) is 25.7 Å². The van der Waals surface area contributed by atoms with Gasteiger partial charge in [-0.1, -0.05) is 12.1 Å². The van der Waals surface area contributed by atoms with Crippen LogP contribution in [-0.2, 0) is 17.6 Å². The van der Waals surface area contributed by atoms with E-state index in [-0.39, 0.29) is 17.0 Å². The van der Waals surface area contributed by atoms with Crippen molar-refractivity contribution in [2.24, 2.45) is 0 Å². The summed E-state index contributed by atoms with van der Waals surface area (Å²) in [6.45, 7) is -0.494. The Kier molecular flexibility index (Phi) is 5.47. The van der Waals surface area contributed by atoms with Crippen molar-refractivity contribution in [3.63, 3.8) is 0 Å². The summed E-state index contributed by atoms with van der Waals surface area (Å²) in [6.07, 6.45) is 6.48. The van der Waals surface area contributed by atoms with Crippen molar-refractivity contribution in [1.82, 2.24) is 9.88 Å². The second-order valence-electron chi connectivity index (χ2n) is 7.76. The number of ether oxygens (including phenoxy) is 1. The molecule has 9 heteroatoms. The molecule has 166 valence electrons.